The number of amides is 2. The van der Waals surface area contributed by atoms with Crippen molar-refractivity contribution in [2.24, 2.45) is 0 Å². The number of unbranched alkanes of at least 4 members (excludes halogenated alkanes) is 2. The van der Waals surface area contributed by atoms with Gasteiger partial charge in [-0.1, -0.05) is 62.2 Å². The Morgan fingerprint density at radius 2 is 1.76 bits per heavy atom. The maximum absolute atomic E-state index is 12.2. The quantitative estimate of drug-likeness (QED) is 0.314. The molecule has 1 aromatic heterocycles. The fraction of sp³-hybridized carbons (Fsp3) is 0.346. The second-order valence-electron chi connectivity index (χ2n) is 7.97. The number of aryl methyl sites for hydroxylation is 1. The first-order valence-electron chi connectivity index (χ1n) is 11.6. The van der Waals surface area contributed by atoms with Gasteiger partial charge in [-0.15, -0.1) is 0 Å². The molecular formula is C26H32N4O4. The van der Waals surface area contributed by atoms with E-state index in [1.807, 2.05) is 53.1 Å². The van der Waals surface area contributed by atoms with Crippen LogP contribution in [0.5, 0.6) is 5.75 Å². The van der Waals surface area contributed by atoms with Gasteiger partial charge in [0.15, 0.2) is 5.69 Å². The maximum Gasteiger partial charge on any atom is 0.356 e. The summed E-state index contributed by atoms with van der Waals surface area (Å²) in [6.07, 6.45) is 3.76. The summed E-state index contributed by atoms with van der Waals surface area (Å²) in [6.45, 7) is 5.50. The van der Waals surface area contributed by atoms with Gasteiger partial charge >= 0.3 is 12.0 Å². The third-order valence-electron chi connectivity index (χ3n) is 5.39. The molecule has 0 aliphatic rings. The van der Waals surface area contributed by atoms with Crippen molar-refractivity contribution in [3.63, 3.8) is 0 Å². The zero-order valence-electron chi connectivity index (χ0n) is 19.7. The molecule has 0 fully saturated rings. The van der Waals surface area contributed by atoms with Gasteiger partial charge in [-0.25, -0.2) is 14.6 Å². The minimum atomic E-state index is -1.05. The number of aromatic nitrogens is 2. The van der Waals surface area contributed by atoms with E-state index in [4.69, 9.17) is 4.74 Å². The molecule has 3 rings (SSSR count). The lowest BCUT2D eigenvalue weighted by molar-refractivity contribution is 0.0691. The number of hydrogen-bond donors (Lipinski definition) is 3. The Morgan fingerprint density at radius 3 is 2.50 bits per heavy atom. The first kappa shape index (κ1) is 24.8. The molecule has 3 N–H and O–H groups in total. The molecule has 2 aromatic carbocycles. The van der Waals surface area contributed by atoms with Crippen molar-refractivity contribution in [1.82, 2.24) is 14.9 Å². The third kappa shape index (κ3) is 6.60. The fourth-order valence-corrected chi connectivity index (χ4v) is 3.72. The Morgan fingerprint density at radius 1 is 1.03 bits per heavy atom. The van der Waals surface area contributed by atoms with Crippen molar-refractivity contribution < 1.29 is 19.4 Å². The number of nitrogens with one attached hydrogen (secondary N) is 2. The van der Waals surface area contributed by atoms with Gasteiger partial charge in [0, 0.05) is 18.7 Å². The van der Waals surface area contributed by atoms with Gasteiger partial charge in [0.25, 0.3) is 0 Å². The van der Waals surface area contributed by atoms with Gasteiger partial charge in [-0.3, -0.25) is 0 Å². The molecular weight excluding hydrogens is 432 g/mol. The van der Waals surface area contributed by atoms with Crippen LogP contribution < -0.4 is 15.4 Å². The van der Waals surface area contributed by atoms with Crippen LogP contribution in [0, 0.1) is 6.92 Å². The number of aromatic carboxylic acids is 1. The number of para-hydroxylation sites is 2. The van der Waals surface area contributed by atoms with E-state index < -0.39 is 5.97 Å². The van der Waals surface area contributed by atoms with Crippen molar-refractivity contribution in [3.8, 4) is 17.0 Å². The van der Waals surface area contributed by atoms with Crippen LogP contribution in [0.15, 0.2) is 54.6 Å². The van der Waals surface area contributed by atoms with Crippen LogP contribution in [-0.2, 0) is 6.54 Å². The van der Waals surface area contributed by atoms with E-state index in [2.05, 4.69) is 22.5 Å². The molecule has 0 saturated heterocycles. The highest BCUT2D eigenvalue weighted by Crippen LogP contribution is 2.27. The number of carboxylic acids is 1. The molecule has 0 unspecified atom stereocenters. The smallest absolute Gasteiger partial charge is 0.356 e. The van der Waals surface area contributed by atoms with Crippen LogP contribution in [0.2, 0.25) is 0 Å². The standard InChI is InChI=1S/C26H32N4O4/c1-3-4-10-16-27-26(33)29-21-14-8-9-15-22(21)34-18-11-17-30-19(2)28-23(25(31)32)24(30)20-12-6-5-7-13-20/h5-9,12-15H,3-4,10-11,16-18H2,1-2H3,(H,31,32)(H2,27,29,33). The molecule has 3 aromatic rings. The number of ether oxygens (including phenoxy) is 1. The third-order valence-corrected chi connectivity index (χ3v) is 5.39. The molecule has 0 atom stereocenters. The Kier molecular flexibility index (Phi) is 9.08. The van der Waals surface area contributed by atoms with E-state index in [0.29, 0.717) is 49.1 Å². The van der Waals surface area contributed by atoms with E-state index in [9.17, 15) is 14.7 Å². The highest BCUT2D eigenvalue weighted by molar-refractivity contribution is 5.93. The topological polar surface area (TPSA) is 105 Å². The lowest BCUT2D eigenvalue weighted by atomic mass is 10.1. The molecule has 180 valence electrons. The summed E-state index contributed by atoms with van der Waals surface area (Å²) in [6, 6.07) is 16.5. The zero-order chi connectivity index (χ0) is 24.3. The van der Waals surface area contributed by atoms with Crippen molar-refractivity contribution in [2.75, 3.05) is 18.5 Å². The van der Waals surface area contributed by atoms with E-state index in [1.165, 1.54) is 0 Å². The number of nitrogens with zero attached hydrogens (tertiary/aromatic N) is 2. The van der Waals surface area contributed by atoms with Crippen LogP contribution in [0.1, 0.15) is 48.9 Å². The summed E-state index contributed by atoms with van der Waals surface area (Å²) in [4.78, 5) is 28.2. The molecule has 0 aliphatic carbocycles. The van der Waals surface area contributed by atoms with Crippen LogP contribution >= 0.6 is 0 Å². The second kappa shape index (κ2) is 12.4. The summed E-state index contributed by atoms with van der Waals surface area (Å²) in [5.74, 6) is 0.172. The molecule has 8 nitrogen and oxygen atoms in total. The monoisotopic (exact) mass is 464 g/mol. The summed E-state index contributed by atoms with van der Waals surface area (Å²) in [7, 11) is 0. The number of anilines is 1. The van der Waals surface area contributed by atoms with Gasteiger partial charge in [-0.2, -0.15) is 0 Å². The summed E-state index contributed by atoms with van der Waals surface area (Å²) in [5, 5.41) is 15.3. The molecule has 8 heteroatoms. The van der Waals surface area contributed by atoms with E-state index in [-0.39, 0.29) is 11.7 Å². The highest BCUT2D eigenvalue weighted by Gasteiger charge is 2.21. The number of imidazole rings is 1. The van der Waals surface area contributed by atoms with Crippen molar-refractivity contribution >= 4 is 17.7 Å². The lowest BCUT2D eigenvalue weighted by Crippen LogP contribution is -2.29. The molecule has 2 amide bonds. The van der Waals surface area contributed by atoms with Crippen molar-refractivity contribution in [2.45, 2.75) is 46.1 Å². The second-order valence-corrected chi connectivity index (χ2v) is 7.97. The summed E-state index contributed by atoms with van der Waals surface area (Å²) >= 11 is 0. The number of benzene rings is 2. The minimum Gasteiger partial charge on any atom is -0.491 e. The largest absolute Gasteiger partial charge is 0.491 e. The van der Waals surface area contributed by atoms with Gasteiger partial charge in [0.1, 0.15) is 11.6 Å². The molecule has 0 spiro atoms. The molecule has 0 aliphatic heterocycles. The SMILES string of the molecule is CCCCCNC(=O)Nc1ccccc1OCCCn1c(C)nc(C(=O)O)c1-c1ccccc1. The Bertz CT molecular complexity index is 1100. The van der Waals surface area contributed by atoms with Gasteiger partial charge in [-0.05, 0) is 31.9 Å². The predicted octanol–water partition coefficient (Wildman–Crippen LogP) is 5.34. The number of carbonyl (C=O) groups excluding carboxylic acids is 1. The Labute approximate surface area is 200 Å². The Hall–Kier alpha value is -3.81. The van der Waals surface area contributed by atoms with E-state index >= 15 is 0 Å². The van der Waals surface area contributed by atoms with Crippen LogP contribution in [0.4, 0.5) is 10.5 Å². The Balaban J connectivity index is 1.62. The fourth-order valence-electron chi connectivity index (χ4n) is 3.72. The van der Waals surface area contributed by atoms with E-state index in [0.717, 1.165) is 24.8 Å². The molecule has 0 saturated carbocycles. The van der Waals surface area contributed by atoms with Crippen molar-refractivity contribution in [1.29, 1.82) is 0 Å². The highest BCUT2D eigenvalue weighted by atomic mass is 16.5. The molecule has 34 heavy (non-hydrogen) atoms. The number of carbonyl (C=O) groups is 2. The first-order valence-corrected chi connectivity index (χ1v) is 11.6. The number of urea groups is 1. The van der Waals surface area contributed by atoms with E-state index in [1.54, 1.807) is 13.0 Å². The normalized spacial score (nSPS) is 10.6. The summed E-state index contributed by atoms with van der Waals surface area (Å²) in [5.41, 5.74) is 2.05. The maximum atomic E-state index is 12.2. The average Bonchev–Trinajstić information content (AvgIpc) is 3.17. The lowest BCUT2D eigenvalue weighted by Gasteiger charge is -2.14. The van der Waals surface area contributed by atoms with Crippen LogP contribution in [-0.4, -0.2) is 39.8 Å². The van der Waals surface area contributed by atoms with Gasteiger partial charge in [0.05, 0.1) is 18.0 Å². The van der Waals surface area contributed by atoms with Gasteiger partial charge in [0.2, 0.25) is 0 Å². The average molecular weight is 465 g/mol. The molecule has 0 radical (unpaired) electrons. The molecule has 1 heterocycles. The predicted molar refractivity (Wildman–Crippen MR) is 132 cm³/mol. The summed E-state index contributed by atoms with van der Waals surface area (Å²) < 4.78 is 7.86. The van der Waals surface area contributed by atoms with Crippen molar-refractivity contribution in [3.05, 3.63) is 66.1 Å². The minimum absolute atomic E-state index is 0.0455. The number of carboxylic acid groups (broad SMARTS) is 1. The number of rotatable bonds is 12. The molecule has 0 bridgehead atoms. The number of hydrogen-bond acceptors (Lipinski definition) is 4. The van der Waals surface area contributed by atoms with Crippen LogP contribution in [0.3, 0.4) is 0 Å². The van der Waals surface area contributed by atoms with Gasteiger partial charge < -0.3 is 25.0 Å². The first-order chi connectivity index (χ1) is 16.5. The van der Waals surface area contributed by atoms with Crippen LogP contribution in [0.25, 0.3) is 11.3 Å². The zero-order valence-corrected chi connectivity index (χ0v) is 19.7.